The fourth-order valence-electron chi connectivity index (χ4n) is 2.91. The van der Waals surface area contributed by atoms with E-state index in [9.17, 15) is 4.79 Å². The molecule has 5 heteroatoms. The molecule has 1 fully saturated rings. The van der Waals surface area contributed by atoms with Gasteiger partial charge in [-0.25, -0.2) is 4.68 Å². The molecule has 1 N–H and O–H groups in total. The van der Waals surface area contributed by atoms with Gasteiger partial charge in [-0.2, -0.15) is 5.10 Å². The molecular formula is C14H21N3O2. The van der Waals surface area contributed by atoms with Crippen LogP contribution in [0.2, 0.25) is 0 Å². The van der Waals surface area contributed by atoms with Crippen LogP contribution in [0, 0.1) is 0 Å². The molecule has 1 aromatic rings. The van der Waals surface area contributed by atoms with Gasteiger partial charge in [-0.1, -0.05) is 25.7 Å². The van der Waals surface area contributed by atoms with E-state index in [1.54, 1.807) is 10.9 Å². The predicted octanol–water partition coefficient (Wildman–Crippen LogP) is 2.12. The molecule has 0 spiro atoms. The molecule has 1 saturated carbocycles. The summed E-state index contributed by atoms with van der Waals surface area (Å²) in [5.41, 5.74) is 0.587. The predicted molar refractivity (Wildman–Crippen MR) is 71.3 cm³/mol. The lowest BCUT2D eigenvalue weighted by atomic mass is 10.1. The molecule has 104 valence electrons. The zero-order valence-electron chi connectivity index (χ0n) is 11.2. The molecule has 0 aromatic carbocycles. The average Bonchev–Trinajstić information content (AvgIpc) is 2.70. The largest absolute Gasteiger partial charge is 0.477 e. The summed E-state index contributed by atoms with van der Waals surface area (Å²) in [6.07, 6.45) is 9.79. The molecule has 0 saturated heterocycles. The molecule has 0 unspecified atom stereocenters. The number of carbonyl (C=O) groups is 1. The molecule has 2 aliphatic rings. The number of hydrogen-bond acceptors (Lipinski definition) is 3. The summed E-state index contributed by atoms with van der Waals surface area (Å²) in [7, 11) is 0. The van der Waals surface area contributed by atoms with Crippen molar-refractivity contribution in [3.8, 4) is 5.88 Å². The van der Waals surface area contributed by atoms with Gasteiger partial charge < -0.3 is 10.1 Å². The van der Waals surface area contributed by atoms with E-state index >= 15 is 0 Å². The van der Waals surface area contributed by atoms with Gasteiger partial charge in [0.1, 0.15) is 5.56 Å². The quantitative estimate of drug-likeness (QED) is 0.831. The summed E-state index contributed by atoms with van der Waals surface area (Å²) in [6.45, 7) is 1.52. The van der Waals surface area contributed by atoms with E-state index in [-0.39, 0.29) is 5.91 Å². The number of rotatable bonds is 2. The van der Waals surface area contributed by atoms with Gasteiger partial charge in [0.05, 0.1) is 12.8 Å². The molecule has 1 amide bonds. The van der Waals surface area contributed by atoms with Crippen molar-refractivity contribution in [3.63, 3.8) is 0 Å². The zero-order valence-corrected chi connectivity index (χ0v) is 11.2. The van der Waals surface area contributed by atoms with Crippen LogP contribution in [0.25, 0.3) is 0 Å². The Morgan fingerprint density at radius 2 is 2.05 bits per heavy atom. The van der Waals surface area contributed by atoms with Crippen LogP contribution in [0.15, 0.2) is 6.20 Å². The van der Waals surface area contributed by atoms with Crippen molar-refractivity contribution >= 4 is 5.91 Å². The van der Waals surface area contributed by atoms with Gasteiger partial charge in [0.15, 0.2) is 0 Å². The van der Waals surface area contributed by atoms with Crippen LogP contribution in [0.1, 0.15) is 55.3 Å². The number of ether oxygens (including phenoxy) is 1. The van der Waals surface area contributed by atoms with E-state index in [0.717, 1.165) is 25.8 Å². The first-order chi connectivity index (χ1) is 9.34. The maximum Gasteiger partial charge on any atom is 0.258 e. The van der Waals surface area contributed by atoms with Gasteiger partial charge in [-0.3, -0.25) is 4.79 Å². The highest BCUT2D eigenvalue weighted by Gasteiger charge is 2.23. The minimum absolute atomic E-state index is 0.0324. The first-order valence-electron chi connectivity index (χ1n) is 7.34. The lowest BCUT2D eigenvalue weighted by Crippen LogP contribution is -2.34. The maximum absolute atomic E-state index is 12.3. The van der Waals surface area contributed by atoms with Crippen LogP contribution < -0.4 is 10.1 Å². The molecule has 1 aliphatic heterocycles. The third-order valence-electron chi connectivity index (χ3n) is 3.98. The Balaban J connectivity index is 1.68. The summed E-state index contributed by atoms with van der Waals surface area (Å²) in [4.78, 5) is 12.3. The number of hydrogen-bond donors (Lipinski definition) is 1. The normalized spacial score (nSPS) is 20.2. The Morgan fingerprint density at radius 1 is 1.26 bits per heavy atom. The number of fused-ring (bicyclic) bond motifs is 1. The van der Waals surface area contributed by atoms with Gasteiger partial charge in [0, 0.05) is 19.0 Å². The number of aromatic nitrogens is 2. The molecule has 1 aromatic heterocycles. The molecule has 1 aliphatic carbocycles. The fraction of sp³-hybridized carbons (Fsp3) is 0.714. The van der Waals surface area contributed by atoms with Gasteiger partial charge in [0.2, 0.25) is 5.88 Å². The summed E-state index contributed by atoms with van der Waals surface area (Å²) >= 11 is 0. The lowest BCUT2D eigenvalue weighted by Gasteiger charge is -2.18. The van der Waals surface area contributed by atoms with Crippen LogP contribution >= 0.6 is 0 Å². The highest BCUT2D eigenvalue weighted by molar-refractivity contribution is 5.96. The lowest BCUT2D eigenvalue weighted by molar-refractivity contribution is 0.0926. The minimum atomic E-state index is -0.0324. The van der Waals surface area contributed by atoms with Crippen molar-refractivity contribution in [2.45, 2.75) is 57.5 Å². The highest BCUT2D eigenvalue weighted by atomic mass is 16.5. The summed E-state index contributed by atoms with van der Waals surface area (Å²) in [5.74, 6) is 0.604. The van der Waals surface area contributed by atoms with E-state index in [4.69, 9.17) is 4.74 Å². The van der Waals surface area contributed by atoms with Crippen LogP contribution in [-0.4, -0.2) is 28.3 Å². The van der Waals surface area contributed by atoms with Crippen LogP contribution in [0.4, 0.5) is 0 Å². The fourth-order valence-corrected chi connectivity index (χ4v) is 2.91. The smallest absolute Gasteiger partial charge is 0.258 e. The Morgan fingerprint density at radius 3 is 2.84 bits per heavy atom. The number of amides is 1. The third kappa shape index (κ3) is 2.74. The monoisotopic (exact) mass is 263 g/mol. The zero-order chi connectivity index (χ0) is 13.1. The van der Waals surface area contributed by atoms with Crippen molar-refractivity contribution in [2.24, 2.45) is 0 Å². The summed E-state index contributed by atoms with van der Waals surface area (Å²) < 4.78 is 7.35. The van der Waals surface area contributed by atoms with Crippen molar-refractivity contribution in [2.75, 3.05) is 6.61 Å². The topological polar surface area (TPSA) is 56.2 Å². The molecular weight excluding hydrogens is 242 g/mol. The number of carbonyl (C=O) groups excluding carboxylic acids is 1. The molecule has 0 atom stereocenters. The number of nitrogens with zero attached hydrogens (tertiary/aromatic N) is 2. The van der Waals surface area contributed by atoms with Crippen LogP contribution in [-0.2, 0) is 6.54 Å². The van der Waals surface area contributed by atoms with Crippen molar-refractivity contribution in [3.05, 3.63) is 11.8 Å². The van der Waals surface area contributed by atoms with Gasteiger partial charge in [-0.15, -0.1) is 0 Å². The Bertz CT molecular complexity index is 448. The van der Waals surface area contributed by atoms with Crippen molar-refractivity contribution in [1.29, 1.82) is 0 Å². The van der Waals surface area contributed by atoms with Gasteiger partial charge in [0.25, 0.3) is 5.91 Å². The summed E-state index contributed by atoms with van der Waals surface area (Å²) in [5, 5.41) is 7.36. The highest BCUT2D eigenvalue weighted by Crippen LogP contribution is 2.23. The summed E-state index contributed by atoms with van der Waals surface area (Å²) in [6, 6.07) is 0.314. The van der Waals surface area contributed by atoms with E-state index in [1.165, 1.54) is 25.7 Å². The second-order valence-corrected chi connectivity index (χ2v) is 5.45. The molecule has 5 nitrogen and oxygen atoms in total. The van der Waals surface area contributed by atoms with E-state index in [0.29, 0.717) is 24.1 Å². The molecule has 0 bridgehead atoms. The van der Waals surface area contributed by atoms with E-state index < -0.39 is 0 Å². The van der Waals surface area contributed by atoms with Crippen molar-refractivity contribution < 1.29 is 9.53 Å². The maximum atomic E-state index is 12.3. The van der Waals surface area contributed by atoms with Gasteiger partial charge in [-0.05, 0) is 12.8 Å². The van der Waals surface area contributed by atoms with Crippen LogP contribution in [0.5, 0.6) is 5.88 Å². The molecule has 19 heavy (non-hydrogen) atoms. The molecule has 0 radical (unpaired) electrons. The van der Waals surface area contributed by atoms with Gasteiger partial charge >= 0.3 is 0 Å². The number of nitrogens with one attached hydrogen (secondary N) is 1. The Labute approximate surface area is 113 Å². The minimum Gasteiger partial charge on any atom is -0.477 e. The van der Waals surface area contributed by atoms with E-state index in [2.05, 4.69) is 10.4 Å². The Hall–Kier alpha value is -1.52. The molecule has 3 rings (SSSR count). The Kier molecular flexibility index (Phi) is 3.71. The SMILES string of the molecule is O=C(NC1CCCCCC1)c1cnn2c1OCCC2. The third-order valence-corrected chi connectivity index (χ3v) is 3.98. The van der Waals surface area contributed by atoms with E-state index in [1.807, 2.05) is 0 Å². The van der Waals surface area contributed by atoms with Crippen LogP contribution in [0.3, 0.4) is 0 Å². The average molecular weight is 263 g/mol. The standard InChI is InChI=1S/C14H21N3O2/c18-13(16-11-6-3-1-2-4-7-11)12-10-15-17-8-5-9-19-14(12)17/h10-11H,1-9H2,(H,16,18). The first kappa shape index (κ1) is 12.5. The molecule has 2 heterocycles. The second-order valence-electron chi connectivity index (χ2n) is 5.45. The van der Waals surface area contributed by atoms with Crippen molar-refractivity contribution in [1.82, 2.24) is 15.1 Å². The first-order valence-corrected chi connectivity index (χ1v) is 7.34. The number of aryl methyl sites for hydroxylation is 1. The second kappa shape index (κ2) is 5.63.